The first-order valence-electron chi connectivity index (χ1n) is 12.4. The summed E-state index contributed by atoms with van der Waals surface area (Å²) in [4.78, 5) is 14.1. The fourth-order valence-electron chi connectivity index (χ4n) is 3.82. The van der Waals surface area contributed by atoms with Gasteiger partial charge in [0.2, 0.25) is 15.9 Å². The Labute approximate surface area is 235 Å². The number of nitrogens with one attached hydrogen (secondary N) is 1. The van der Waals surface area contributed by atoms with E-state index in [2.05, 4.69) is 5.32 Å². The highest BCUT2D eigenvalue weighted by Gasteiger charge is 2.28. The van der Waals surface area contributed by atoms with Crippen molar-refractivity contribution in [3.63, 3.8) is 0 Å². The fraction of sp³-hybridized carbons (Fsp3) is 0.296. The van der Waals surface area contributed by atoms with Gasteiger partial charge >= 0.3 is 0 Å². The van der Waals surface area contributed by atoms with Crippen LogP contribution in [0.25, 0.3) is 0 Å². The number of carbonyl (C=O) groups excluding carboxylic acids is 1. The van der Waals surface area contributed by atoms with Crippen LogP contribution >= 0.6 is 11.8 Å². The first-order chi connectivity index (χ1) is 18.6. The molecule has 210 valence electrons. The maximum absolute atomic E-state index is 13.6. The van der Waals surface area contributed by atoms with Crippen molar-refractivity contribution in [2.24, 2.45) is 0 Å². The third-order valence-electron chi connectivity index (χ3n) is 5.85. The summed E-state index contributed by atoms with van der Waals surface area (Å²) >= 11 is 1.49. The van der Waals surface area contributed by atoms with Gasteiger partial charge in [-0.3, -0.25) is 9.10 Å². The van der Waals surface area contributed by atoms with Crippen molar-refractivity contribution in [2.45, 2.75) is 35.5 Å². The van der Waals surface area contributed by atoms with Crippen LogP contribution in [0.2, 0.25) is 0 Å². The van der Waals surface area contributed by atoms with Gasteiger partial charge in [-0.15, -0.1) is 11.8 Å². The predicted octanol–water partition coefficient (Wildman–Crippen LogP) is 4.67. The molecule has 9 nitrogen and oxygen atoms in total. The number of sulfonamides is 2. The minimum Gasteiger partial charge on any atom is -0.494 e. The highest BCUT2D eigenvalue weighted by molar-refractivity contribution is 7.98. The number of hydrogen-bond acceptors (Lipinski definition) is 7. The standard InChI is InChI=1S/C27H33N3O6S3/c1-5-29(6-2)38(32,33)25-16-8-21(9-17-25)28-27(31)20-30(22-10-12-23(13-11-22)36-7-3)39(34,35)26-18-14-24(37-4)15-19-26/h8-19H,5-7,20H2,1-4H3,(H,28,31). The van der Waals surface area contributed by atoms with Crippen LogP contribution in [-0.4, -0.2) is 59.5 Å². The molecule has 0 aromatic heterocycles. The molecule has 0 saturated carbocycles. The molecule has 0 radical (unpaired) electrons. The molecule has 3 rings (SSSR count). The summed E-state index contributed by atoms with van der Waals surface area (Å²) in [6, 6.07) is 18.7. The van der Waals surface area contributed by atoms with Gasteiger partial charge in [-0.1, -0.05) is 13.8 Å². The van der Waals surface area contributed by atoms with Gasteiger partial charge in [0.25, 0.3) is 10.0 Å². The Morgan fingerprint density at radius 2 is 1.33 bits per heavy atom. The number of rotatable bonds is 13. The Hall–Kier alpha value is -3.06. The lowest BCUT2D eigenvalue weighted by molar-refractivity contribution is -0.114. The zero-order valence-electron chi connectivity index (χ0n) is 22.3. The van der Waals surface area contributed by atoms with E-state index in [-0.39, 0.29) is 9.79 Å². The van der Waals surface area contributed by atoms with Crippen LogP contribution in [0.4, 0.5) is 11.4 Å². The number of hydrogen-bond donors (Lipinski definition) is 1. The van der Waals surface area contributed by atoms with Crippen molar-refractivity contribution in [3.8, 4) is 5.75 Å². The molecular weight excluding hydrogens is 559 g/mol. The van der Waals surface area contributed by atoms with E-state index in [1.807, 2.05) is 13.2 Å². The van der Waals surface area contributed by atoms with E-state index < -0.39 is 32.5 Å². The summed E-state index contributed by atoms with van der Waals surface area (Å²) in [6.07, 6.45) is 1.89. The van der Waals surface area contributed by atoms with Crippen molar-refractivity contribution in [3.05, 3.63) is 72.8 Å². The summed E-state index contributed by atoms with van der Waals surface area (Å²) in [5, 5.41) is 2.67. The second kappa shape index (κ2) is 13.3. The molecule has 0 aliphatic heterocycles. The Balaban J connectivity index is 1.87. The zero-order valence-corrected chi connectivity index (χ0v) is 24.8. The molecule has 1 amide bonds. The second-order valence-electron chi connectivity index (χ2n) is 8.28. The number of carbonyl (C=O) groups is 1. The van der Waals surface area contributed by atoms with E-state index in [1.54, 1.807) is 50.2 Å². The van der Waals surface area contributed by atoms with Gasteiger partial charge in [0.1, 0.15) is 12.3 Å². The van der Waals surface area contributed by atoms with Crippen LogP contribution < -0.4 is 14.4 Å². The molecule has 3 aromatic rings. The van der Waals surface area contributed by atoms with Crippen LogP contribution in [0, 0.1) is 0 Å². The van der Waals surface area contributed by atoms with E-state index in [9.17, 15) is 21.6 Å². The average molecular weight is 592 g/mol. The van der Waals surface area contributed by atoms with Crippen molar-refractivity contribution in [1.29, 1.82) is 0 Å². The topological polar surface area (TPSA) is 113 Å². The van der Waals surface area contributed by atoms with Gasteiger partial charge in [-0.2, -0.15) is 4.31 Å². The van der Waals surface area contributed by atoms with Crippen molar-refractivity contribution >= 4 is 49.1 Å². The molecule has 1 N–H and O–H groups in total. The van der Waals surface area contributed by atoms with Gasteiger partial charge in [0.05, 0.1) is 22.1 Å². The predicted molar refractivity (Wildman–Crippen MR) is 156 cm³/mol. The normalized spacial score (nSPS) is 11.8. The largest absolute Gasteiger partial charge is 0.494 e. The molecule has 0 unspecified atom stereocenters. The van der Waals surface area contributed by atoms with E-state index in [0.717, 1.165) is 9.20 Å². The lowest BCUT2D eigenvalue weighted by Gasteiger charge is -2.24. The maximum atomic E-state index is 13.6. The first-order valence-corrected chi connectivity index (χ1v) is 16.5. The van der Waals surface area contributed by atoms with Gasteiger partial charge in [-0.25, -0.2) is 16.8 Å². The quantitative estimate of drug-likeness (QED) is 0.288. The third kappa shape index (κ3) is 7.33. The van der Waals surface area contributed by atoms with Crippen LogP contribution in [-0.2, 0) is 24.8 Å². The molecular formula is C27H33N3O6S3. The van der Waals surface area contributed by atoms with E-state index in [1.165, 1.54) is 52.5 Å². The number of ether oxygens (including phenoxy) is 1. The van der Waals surface area contributed by atoms with Gasteiger partial charge < -0.3 is 10.1 Å². The van der Waals surface area contributed by atoms with Crippen molar-refractivity contribution in [2.75, 3.05) is 42.1 Å². The van der Waals surface area contributed by atoms with Crippen LogP contribution in [0.3, 0.4) is 0 Å². The molecule has 0 heterocycles. The molecule has 3 aromatic carbocycles. The molecule has 39 heavy (non-hydrogen) atoms. The Morgan fingerprint density at radius 1 is 0.795 bits per heavy atom. The number of amides is 1. The molecule has 0 atom stereocenters. The van der Waals surface area contributed by atoms with E-state index in [0.29, 0.717) is 36.8 Å². The summed E-state index contributed by atoms with van der Waals surface area (Å²) < 4.78 is 60.6. The summed E-state index contributed by atoms with van der Waals surface area (Å²) in [5.41, 5.74) is 0.634. The molecule has 0 aliphatic carbocycles. The second-order valence-corrected chi connectivity index (χ2v) is 13.0. The van der Waals surface area contributed by atoms with Crippen molar-refractivity contribution in [1.82, 2.24) is 4.31 Å². The molecule has 0 aliphatic rings. The number of thioether (sulfide) groups is 1. The number of benzene rings is 3. The Kier molecular flexibility index (Phi) is 10.4. The Bertz CT molecular complexity index is 1450. The van der Waals surface area contributed by atoms with Crippen LogP contribution in [0.15, 0.2) is 87.5 Å². The highest BCUT2D eigenvalue weighted by atomic mass is 32.2. The summed E-state index contributed by atoms with van der Waals surface area (Å²) in [7, 11) is -7.74. The lowest BCUT2D eigenvalue weighted by atomic mass is 10.3. The summed E-state index contributed by atoms with van der Waals surface area (Å²) in [6.45, 7) is 6.01. The van der Waals surface area contributed by atoms with E-state index in [4.69, 9.17) is 4.74 Å². The molecule has 0 spiro atoms. The zero-order chi connectivity index (χ0) is 28.6. The van der Waals surface area contributed by atoms with Crippen LogP contribution in [0.1, 0.15) is 20.8 Å². The van der Waals surface area contributed by atoms with Gasteiger partial charge in [-0.05, 0) is 86.0 Å². The van der Waals surface area contributed by atoms with Crippen LogP contribution in [0.5, 0.6) is 5.75 Å². The monoisotopic (exact) mass is 591 g/mol. The summed E-state index contributed by atoms with van der Waals surface area (Å²) in [5.74, 6) is -0.0142. The molecule has 0 bridgehead atoms. The number of nitrogens with zero attached hydrogens (tertiary/aromatic N) is 2. The van der Waals surface area contributed by atoms with Crippen molar-refractivity contribution < 1.29 is 26.4 Å². The fourth-order valence-corrected chi connectivity index (χ4v) is 7.11. The van der Waals surface area contributed by atoms with Gasteiger partial charge in [0.15, 0.2) is 0 Å². The van der Waals surface area contributed by atoms with Gasteiger partial charge in [0, 0.05) is 23.7 Å². The highest BCUT2D eigenvalue weighted by Crippen LogP contribution is 2.27. The molecule has 0 saturated heterocycles. The first kappa shape index (κ1) is 30.5. The Morgan fingerprint density at radius 3 is 1.85 bits per heavy atom. The smallest absolute Gasteiger partial charge is 0.264 e. The van der Waals surface area contributed by atoms with E-state index >= 15 is 0 Å². The minimum absolute atomic E-state index is 0.0490. The average Bonchev–Trinajstić information content (AvgIpc) is 2.93. The lowest BCUT2D eigenvalue weighted by Crippen LogP contribution is -2.38. The maximum Gasteiger partial charge on any atom is 0.264 e. The molecule has 12 heteroatoms. The molecule has 0 fully saturated rings. The number of anilines is 2. The minimum atomic E-state index is -4.10. The third-order valence-corrected chi connectivity index (χ3v) is 10.4. The SMILES string of the molecule is CCOc1ccc(N(CC(=O)Nc2ccc(S(=O)(=O)N(CC)CC)cc2)S(=O)(=O)c2ccc(SC)cc2)cc1.